The van der Waals surface area contributed by atoms with E-state index in [4.69, 9.17) is 5.11 Å². The minimum atomic E-state index is -4.37. The van der Waals surface area contributed by atoms with Crippen LogP contribution in [0.15, 0.2) is 24.3 Å². The second-order valence-electron chi connectivity index (χ2n) is 3.93. The fourth-order valence-corrected chi connectivity index (χ4v) is 1.41. The van der Waals surface area contributed by atoms with Gasteiger partial charge in [-0.25, -0.2) is 0 Å². The van der Waals surface area contributed by atoms with E-state index in [2.05, 4.69) is 5.32 Å². The first-order valence-corrected chi connectivity index (χ1v) is 5.43. The number of anilines is 1. The highest BCUT2D eigenvalue weighted by atomic mass is 19.4. The topological polar surface area (TPSA) is 66.4 Å². The number of alkyl halides is 3. The van der Waals surface area contributed by atoms with Gasteiger partial charge < -0.3 is 10.4 Å². The van der Waals surface area contributed by atoms with Crippen LogP contribution in [0, 0.1) is 0 Å². The molecule has 0 aliphatic rings. The highest BCUT2D eigenvalue weighted by Gasteiger charge is 2.27. The van der Waals surface area contributed by atoms with E-state index in [1.807, 2.05) is 0 Å². The standard InChI is InChI=1S/C12H12F3NO3/c13-12(14,15)5-4-10(17)16-9-3-1-2-8(6-9)7-11(18)19/h1-3,6H,4-5,7H2,(H,16,17)(H,18,19). The first-order valence-electron chi connectivity index (χ1n) is 5.43. The summed E-state index contributed by atoms with van der Waals surface area (Å²) in [6.07, 6.45) is -6.44. The maximum absolute atomic E-state index is 11.9. The fraction of sp³-hybridized carbons (Fsp3) is 0.333. The van der Waals surface area contributed by atoms with E-state index in [-0.39, 0.29) is 12.1 Å². The minimum absolute atomic E-state index is 0.216. The maximum Gasteiger partial charge on any atom is 0.389 e. The number of carboxylic acids is 1. The Balaban J connectivity index is 2.57. The van der Waals surface area contributed by atoms with Crippen LogP contribution in [0.25, 0.3) is 0 Å². The molecule has 0 aliphatic carbocycles. The van der Waals surface area contributed by atoms with Crippen molar-refractivity contribution in [2.45, 2.75) is 25.4 Å². The summed E-state index contributed by atoms with van der Waals surface area (Å²) in [6.45, 7) is 0. The number of carbonyl (C=O) groups excluding carboxylic acids is 1. The minimum Gasteiger partial charge on any atom is -0.481 e. The van der Waals surface area contributed by atoms with Crippen molar-refractivity contribution in [2.24, 2.45) is 0 Å². The molecule has 0 unspecified atom stereocenters. The largest absolute Gasteiger partial charge is 0.481 e. The van der Waals surface area contributed by atoms with E-state index in [0.717, 1.165) is 0 Å². The van der Waals surface area contributed by atoms with E-state index in [0.29, 0.717) is 5.56 Å². The van der Waals surface area contributed by atoms with E-state index < -0.39 is 30.9 Å². The van der Waals surface area contributed by atoms with E-state index in [1.165, 1.54) is 18.2 Å². The van der Waals surface area contributed by atoms with Crippen molar-refractivity contribution in [3.8, 4) is 0 Å². The van der Waals surface area contributed by atoms with Gasteiger partial charge in [0.2, 0.25) is 5.91 Å². The van der Waals surface area contributed by atoms with Crippen molar-refractivity contribution in [2.75, 3.05) is 5.32 Å². The molecule has 2 N–H and O–H groups in total. The van der Waals surface area contributed by atoms with Gasteiger partial charge in [0, 0.05) is 12.1 Å². The van der Waals surface area contributed by atoms with Gasteiger partial charge >= 0.3 is 12.1 Å². The lowest BCUT2D eigenvalue weighted by atomic mass is 10.1. The van der Waals surface area contributed by atoms with Gasteiger partial charge in [0.15, 0.2) is 0 Å². The van der Waals surface area contributed by atoms with Crippen LogP contribution >= 0.6 is 0 Å². The number of hydrogen-bond donors (Lipinski definition) is 2. The Morgan fingerprint density at radius 1 is 1.26 bits per heavy atom. The summed E-state index contributed by atoms with van der Waals surface area (Å²) in [4.78, 5) is 21.8. The van der Waals surface area contributed by atoms with Crippen LogP contribution in [0.4, 0.5) is 18.9 Å². The van der Waals surface area contributed by atoms with Crippen LogP contribution in [-0.2, 0) is 16.0 Å². The van der Waals surface area contributed by atoms with Gasteiger partial charge in [0.25, 0.3) is 0 Å². The molecule has 0 heterocycles. The molecule has 7 heteroatoms. The Morgan fingerprint density at radius 3 is 2.53 bits per heavy atom. The molecular formula is C12H12F3NO3. The smallest absolute Gasteiger partial charge is 0.389 e. The highest BCUT2D eigenvalue weighted by Crippen LogP contribution is 2.21. The number of nitrogens with one attached hydrogen (secondary N) is 1. The summed E-state index contributed by atoms with van der Waals surface area (Å²) in [5, 5.41) is 10.9. The summed E-state index contributed by atoms with van der Waals surface area (Å²) < 4.78 is 35.8. The molecule has 0 atom stereocenters. The number of aliphatic carboxylic acids is 1. The number of carboxylic acid groups (broad SMARTS) is 1. The SMILES string of the molecule is O=C(O)Cc1cccc(NC(=O)CCC(F)(F)F)c1. The molecule has 0 fully saturated rings. The zero-order valence-electron chi connectivity index (χ0n) is 9.83. The van der Waals surface area contributed by atoms with Crippen molar-refractivity contribution < 1.29 is 27.9 Å². The van der Waals surface area contributed by atoms with E-state index in [1.54, 1.807) is 6.07 Å². The van der Waals surface area contributed by atoms with Crippen LogP contribution in [0.3, 0.4) is 0 Å². The summed E-state index contributed by atoms with van der Waals surface area (Å²) in [5.41, 5.74) is 0.743. The molecule has 0 aromatic heterocycles. The molecule has 19 heavy (non-hydrogen) atoms. The van der Waals surface area contributed by atoms with Crippen LogP contribution in [0.5, 0.6) is 0 Å². The molecule has 0 spiro atoms. The third-order valence-corrected chi connectivity index (χ3v) is 2.20. The van der Waals surface area contributed by atoms with Gasteiger partial charge in [0.05, 0.1) is 12.8 Å². The number of hydrogen-bond acceptors (Lipinski definition) is 2. The molecule has 1 aromatic rings. The second-order valence-corrected chi connectivity index (χ2v) is 3.93. The fourth-order valence-electron chi connectivity index (χ4n) is 1.41. The van der Waals surface area contributed by atoms with Gasteiger partial charge in [-0.15, -0.1) is 0 Å². The number of amides is 1. The third kappa shape index (κ3) is 6.44. The summed E-state index contributed by atoms with van der Waals surface area (Å²) >= 11 is 0. The molecule has 0 radical (unpaired) electrons. The number of halogens is 3. The van der Waals surface area contributed by atoms with Gasteiger partial charge in [-0.05, 0) is 17.7 Å². The zero-order chi connectivity index (χ0) is 14.5. The van der Waals surface area contributed by atoms with Crippen LogP contribution < -0.4 is 5.32 Å². The lowest BCUT2D eigenvalue weighted by molar-refractivity contribution is -0.142. The van der Waals surface area contributed by atoms with Crippen molar-refractivity contribution in [3.05, 3.63) is 29.8 Å². The van der Waals surface area contributed by atoms with Crippen LogP contribution in [0.2, 0.25) is 0 Å². The number of benzene rings is 1. The van der Waals surface area contributed by atoms with Crippen molar-refractivity contribution >= 4 is 17.6 Å². The first kappa shape index (κ1) is 15.0. The molecule has 4 nitrogen and oxygen atoms in total. The lowest BCUT2D eigenvalue weighted by Gasteiger charge is -2.08. The first-order chi connectivity index (χ1) is 8.76. The van der Waals surface area contributed by atoms with Crippen molar-refractivity contribution in [1.82, 2.24) is 0 Å². The number of carbonyl (C=O) groups is 2. The molecule has 1 aromatic carbocycles. The molecule has 1 amide bonds. The molecule has 0 bridgehead atoms. The van der Waals surface area contributed by atoms with E-state index >= 15 is 0 Å². The van der Waals surface area contributed by atoms with Gasteiger partial charge in [-0.2, -0.15) is 13.2 Å². The predicted octanol–water partition coefficient (Wildman–Crippen LogP) is 2.59. The summed E-state index contributed by atoms with van der Waals surface area (Å²) in [7, 11) is 0. The van der Waals surface area contributed by atoms with Gasteiger partial charge in [-0.3, -0.25) is 9.59 Å². The van der Waals surface area contributed by atoms with Crippen molar-refractivity contribution in [1.29, 1.82) is 0 Å². The van der Waals surface area contributed by atoms with E-state index in [9.17, 15) is 22.8 Å². The zero-order valence-corrected chi connectivity index (χ0v) is 9.83. The quantitative estimate of drug-likeness (QED) is 0.868. The third-order valence-electron chi connectivity index (χ3n) is 2.20. The Kier molecular flexibility index (Phi) is 4.91. The Labute approximate surface area is 107 Å². The highest BCUT2D eigenvalue weighted by molar-refractivity contribution is 5.90. The van der Waals surface area contributed by atoms with Gasteiger partial charge in [0.1, 0.15) is 0 Å². The molecule has 0 saturated heterocycles. The molecule has 1 rings (SSSR count). The molecular weight excluding hydrogens is 263 g/mol. The lowest BCUT2D eigenvalue weighted by Crippen LogP contribution is -2.16. The maximum atomic E-state index is 11.9. The Bertz CT molecular complexity index is 472. The molecule has 0 aliphatic heterocycles. The Hall–Kier alpha value is -2.05. The molecule has 0 saturated carbocycles. The average Bonchev–Trinajstić information content (AvgIpc) is 2.25. The van der Waals surface area contributed by atoms with Crippen LogP contribution in [0.1, 0.15) is 18.4 Å². The summed E-state index contributed by atoms with van der Waals surface area (Å²) in [6, 6.07) is 5.98. The van der Waals surface area contributed by atoms with Crippen LogP contribution in [-0.4, -0.2) is 23.2 Å². The second kappa shape index (κ2) is 6.21. The van der Waals surface area contributed by atoms with Gasteiger partial charge in [-0.1, -0.05) is 12.1 Å². The monoisotopic (exact) mass is 275 g/mol. The van der Waals surface area contributed by atoms with Crippen molar-refractivity contribution in [3.63, 3.8) is 0 Å². The molecule has 104 valence electrons. The number of rotatable bonds is 5. The predicted molar refractivity (Wildman–Crippen MR) is 61.7 cm³/mol. The average molecular weight is 275 g/mol. The normalized spacial score (nSPS) is 11.1. The Morgan fingerprint density at radius 2 is 1.95 bits per heavy atom. The summed E-state index contributed by atoms with van der Waals surface area (Å²) in [5.74, 6) is -1.79.